The van der Waals surface area contributed by atoms with Gasteiger partial charge in [0, 0.05) is 11.8 Å². The fourth-order valence-corrected chi connectivity index (χ4v) is 1.62. The Morgan fingerprint density at radius 2 is 1.94 bits per heavy atom. The van der Waals surface area contributed by atoms with E-state index in [0.29, 0.717) is 17.8 Å². The van der Waals surface area contributed by atoms with Gasteiger partial charge >= 0.3 is 0 Å². The van der Waals surface area contributed by atoms with E-state index in [2.05, 4.69) is 4.98 Å². The lowest BCUT2D eigenvalue weighted by atomic mass is 10.0. The Morgan fingerprint density at radius 1 is 1.19 bits per heavy atom. The largest absolute Gasteiger partial charge is 0.359 e. The predicted octanol–water partition coefficient (Wildman–Crippen LogP) is 1.75. The lowest BCUT2D eigenvalue weighted by Crippen LogP contribution is -2.04. The van der Waals surface area contributed by atoms with Gasteiger partial charge in [-0.15, -0.1) is 0 Å². The van der Waals surface area contributed by atoms with Crippen LogP contribution in [-0.2, 0) is 6.42 Å². The van der Waals surface area contributed by atoms with Crippen LogP contribution < -0.4 is 5.73 Å². The molecule has 0 saturated heterocycles. The molecule has 3 nitrogen and oxygen atoms in total. The number of aromatic nitrogens is 1. The Balaban J connectivity index is 2.19. The predicted molar refractivity (Wildman–Crippen MR) is 63.4 cm³/mol. The molecule has 0 radical (unpaired) electrons. The molecule has 0 atom stereocenters. The van der Waals surface area contributed by atoms with Gasteiger partial charge < -0.3 is 10.7 Å². The van der Waals surface area contributed by atoms with Crippen LogP contribution in [-0.4, -0.2) is 17.3 Å². The van der Waals surface area contributed by atoms with Crippen LogP contribution in [0.2, 0.25) is 0 Å². The zero-order chi connectivity index (χ0) is 11.4. The summed E-state index contributed by atoms with van der Waals surface area (Å²) in [6.07, 6.45) is 2.59. The van der Waals surface area contributed by atoms with Gasteiger partial charge in [-0.05, 0) is 30.7 Å². The maximum Gasteiger partial charge on any atom is 0.209 e. The summed E-state index contributed by atoms with van der Waals surface area (Å²) < 4.78 is 0. The van der Waals surface area contributed by atoms with Gasteiger partial charge in [-0.1, -0.05) is 24.3 Å². The molecule has 0 aliphatic rings. The average Bonchev–Trinajstić information content (AvgIpc) is 2.83. The van der Waals surface area contributed by atoms with E-state index in [1.165, 1.54) is 0 Å². The highest BCUT2D eigenvalue weighted by atomic mass is 16.1. The zero-order valence-corrected chi connectivity index (χ0v) is 8.94. The molecular formula is C13H14N2O. The van der Waals surface area contributed by atoms with Crippen LogP contribution in [0, 0.1) is 0 Å². The highest BCUT2D eigenvalue weighted by molar-refractivity contribution is 6.07. The summed E-state index contributed by atoms with van der Waals surface area (Å²) >= 11 is 0. The number of carbonyl (C=O) groups is 1. The van der Waals surface area contributed by atoms with Crippen molar-refractivity contribution in [1.82, 2.24) is 4.98 Å². The first kappa shape index (κ1) is 10.6. The number of benzene rings is 1. The Kier molecular flexibility index (Phi) is 3.17. The Labute approximate surface area is 94.3 Å². The first-order valence-electron chi connectivity index (χ1n) is 5.28. The normalized spacial score (nSPS) is 10.3. The third-order valence-electron chi connectivity index (χ3n) is 2.49. The lowest BCUT2D eigenvalue weighted by Gasteiger charge is -2.01. The molecule has 2 aromatic rings. The van der Waals surface area contributed by atoms with Crippen LogP contribution in [0.25, 0.3) is 0 Å². The highest BCUT2D eigenvalue weighted by Crippen LogP contribution is 2.09. The van der Waals surface area contributed by atoms with Crippen molar-refractivity contribution in [2.75, 3.05) is 6.54 Å². The van der Waals surface area contributed by atoms with Gasteiger partial charge in [0.05, 0.1) is 5.69 Å². The van der Waals surface area contributed by atoms with Crippen LogP contribution in [0.15, 0.2) is 42.6 Å². The highest BCUT2D eigenvalue weighted by Gasteiger charge is 2.08. The summed E-state index contributed by atoms with van der Waals surface area (Å²) in [6, 6.07) is 11.2. The van der Waals surface area contributed by atoms with Crippen molar-refractivity contribution in [3.63, 3.8) is 0 Å². The molecule has 3 heteroatoms. The lowest BCUT2D eigenvalue weighted by molar-refractivity contribution is 0.103. The number of hydrogen-bond acceptors (Lipinski definition) is 2. The summed E-state index contributed by atoms with van der Waals surface area (Å²) in [5.74, 6) is 0.0179. The van der Waals surface area contributed by atoms with E-state index in [1.54, 1.807) is 12.3 Å². The smallest absolute Gasteiger partial charge is 0.209 e. The minimum absolute atomic E-state index is 0.0179. The molecule has 16 heavy (non-hydrogen) atoms. The van der Waals surface area contributed by atoms with Gasteiger partial charge in [-0.2, -0.15) is 0 Å². The molecule has 1 aromatic carbocycles. The van der Waals surface area contributed by atoms with Gasteiger partial charge in [-0.3, -0.25) is 4.79 Å². The van der Waals surface area contributed by atoms with Crippen LogP contribution in [0.3, 0.4) is 0 Å². The number of aromatic amines is 1. The maximum atomic E-state index is 11.9. The monoisotopic (exact) mass is 214 g/mol. The molecule has 0 unspecified atom stereocenters. The van der Waals surface area contributed by atoms with Crippen molar-refractivity contribution >= 4 is 5.78 Å². The number of nitrogens with one attached hydrogen (secondary N) is 1. The summed E-state index contributed by atoms with van der Waals surface area (Å²) in [5, 5.41) is 0. The quantitative estimate of drug-likeness (QED) is 0.762. The van der Waals surface area contributed by atoms with E-state index in [4.69, 9.17) is 5.73 Å². The molecule has 82 valence electrons. The standard InChI is InChI=1S/C13H14N2O/c14-8-7-10-3-5-11(6-4-10)13(16)12-2-1-9-15-12/h1-6,9,15H,7-8,14H2. The van der Waals surface area contributed by atoms with E-state index in [0.717, 1.165) is 12.0 Å². The van der Waals surface area contributed by atoms with Crippen molar-refractivity contribution in [1.29, 1.82) is 0 Å². The van der Waals surface area contributed by atoms with Crippen molar-refractivity contribution in [3.05, 3.63) is 59.4 Å². The summed E-state index contributed by atoms with van der Waals surface area (Å²) in [5.41, 5.74) is 7.94. The molecule has 2 rings (SSSR count). The summed E-state index contributed by atoms with van der Waals surface area (Å²) in [7, 11) is 0. The van der Waals surface area contributed by atoms with Crippen molar-refractivity contribution in [2.45, 2.75) is 6.42 Å². The van der Waals surface area contributed by atoms with Crippen molar-refractivity contribution in [3.8, 4) is 0 Å². The van der Waals surface area contributed by atoms with Gasteiger partial charge in [0.15, 0.2) is 0 Å². The number of hydrogen-bond donors (Lipinski definition) is 2. The van der Waals surface area contributed by atoms with Crippen LogP contribution >= 0.6 is 0 Å². The molecule has 3 N–H and O–H groups in total. The number of nitrogens with two attached hydrogens (primary N) is 1. The van der Waals surface area contributed by atoms with Gasteiger partial charge in [0.2, 0.25) is 5.78 Å². The molecule has 0 spiro atoms. The second kappa shape index (κ2) is 4.77. The summed E-state index contributed by atoms with van der Waals surface area (Å²) in [4.78, 5) is 14.8. The first-order chi connectivity index (χ1) is 7.81. The Hall–Kier alpha value is -1.87. The first-order valence-corrected chi connectivity index (χ1v) is 5.28. The molecule has 0 fully saturated rings. The average molecular weight is 214 g/mol. The molecule has 1 aromatic heterocycles. The van der Waals surface area contributed by atoms with Gasteiger partial charge in [0.25, 0.3) is 0 Å². The molecule has 0 aliphatic carbocycles. The van der Waals surface area contributed by atoms with E-state index in [9.17, 15) is 4.79 Å². The Bertz CT molecular complexity index is 457. The van der Waals surface area contributed by atoms with Crippen LogP contribution in [0.1, 0.15) is 21.6 Å². The fourth-order valence-electron chi connectivity index (χ4n) is 1.62. The third-order valence-corrected chi connectivity index (χ3v) is 2.49. The van der Waals surface area contributed by atoms with Crippen LogP contribution in [0.4, 0.5) is 0 Å². The molecule has 1 heterocycles. The second-order valence-electron chi connectivity index (χ2n) is 3.65. The molecule has 0 bridgehead atoms. The third kappa shape index (κ3) is 2.20. The molecule has 0 amide bonds. The van der Waals surface area contributed by atoms with E-state index in [-0.39, 0.29) is 5.78 Å². The van der Waals surface area contributed by atoms with E-state index >= 15 is 0 Å². The minimum Gasteiger partial charge on any atom is -0.359 e. The molecular weight excluding hydrogens is 200 g/mol. The number of carbonyl (C=O) groups excluding carboxylic acids is 1. The zero-order valence-electron chi connectivity index (χ0n) is 8.94. The number of rotatable bonds is 4. The Morgan fingerprint density at radius 3 is 2.50 bits per heavy atom. The topological polar surface area (TPSA) is 58.9 Å². The maximum absolute atomic E-state index is 11.9. The molecule has 0 saturated carbocycles. The van der Waals surface area contributed by atoms with Crippen molar-refractivity contribution < 1.29 is 4.79 Å². The number of ketones is 1. The number of H-pyrrole nitrogens is 1. The van der Waals surface area contributed by atoms with Gasteiger partial charge in [0.1, 0.15) is 0 Å². The van der Waals surface area contributed by atoms with E-state index in [1.807, 2.05) is 30.3 Å². The van der Waals surface area contributed by atoms with E-state index < -0.39 is 0 Å². The van der Waals surface area contributed by atoms with Crippen LogP contribution in [0.5, 0.6) is 0 Å². The summed E-state index contributed by atoms with van der Waals surface area (Å²) in [6.45, 7) is 0.629. The minimum atomic E-state index is 0.0179. The fraction of sp³-hybridized carbons (Fsp3) is 0.154. The molecule has 0 aliphatic heterocycles. The van der Waals surface area contributed by atoms with Gasteiger partial charge in [-0.25, -0.2) is 0 Å². The van der Waals surface area contributed by atoms with Crippen molar-refractivity contribution in [2.24, 2.45) is 5.73 Å². The SMILES string of the molecule is NCCc1ccc(C(=O)c2ccc[nH]2)cc1. The second-order valence-corrected chi connectivity index (χ2v) is 3.65.